The summed E-state index contributed by atoms with van der Waals surface area (Å²) < 4.78 is 40.4. The summed E-state index contributed by atoms with van der Waals surface area (Å²) in [6.45, 7) is 5.44. The molecule has 3 rings (SSSR count). The van der Waals surface area contributed by atoms with Gasteiger partial charge in [-0.1, -0.05) is 18.2 Å². The van der Waals surface area contributed by atoms with Gasteiger partial charge in [0.1, 0.15) is 37.9 Å². The van der Waals surface area contributed by atoms with Crippen molar-refractivity contribution in [1.29, 1.82) is 0 Å². The summed E-state index contributed by atoms with van der Waals surface area (Å²) in [6, 6.07) is 6.79. The molecule has 7 atom stereocenters. The minimum atomic E-state index is -4.37. The van der Waals surface area contributed by atoms with Crippen LogP contribution in [0.2, 0.25) is 0 Å². The standard InChI is InChI=1S/C24H31BClN4O10P/c1-13(2)37-21(33)15(4)29-41(35,40-16-8-6-5-7-9-16)36-12-17-19(39-20(32)14(3)27)24(25,26)22(38-17)30-11-10-18(31)28-23(30)34/h5-11,13-15,17,19,22H,12,27H2,1-4H3,(H,29,35)(H,28,31,34)/t14-,15-,17+,19+,22+,24-,41-/m0/s1. The van der Waals surface area contributed by atoms with Crippen molar-refractivity contribution in [2.75, 3.05) is 6.61 Å². The van der Waals surface area contributed by atoms with Crippen LogP contribution in [0.25, 0.3) is 0 Å². The molecule has 1 aliphatic heterocycles. The third-order valence-corrected chi connectivity index (χ3v) is 7.65. The number of esters is 2. The predicted octanol–water partition coefficient (Wildman–Crippen LogP) is 0.930. The van der Waals surface area contributed by atoms with Crippen LogP contribution in [0, 0.1) is 0 Å². The summed E-state index contributed by atoms with van der Waals surface area (Å²) >= 11 is 6.59. The van der Waals surface area contributed by atoms with Crippen LogP contribution in [0.1, 0.15) is 33.9 Å². The fourth-order valence-corrected chi connectivity index (χ4v) is 5.53. The predicted molar refractivity (Wildman–Crippen MR) is 148 cm³/mol. The molecule has 0 bridgehead atoms. The number of rotatable bonds is 12. The third-order valence-electron chi connectivity index (χ3n) is 5.61. The molecule has 0 saturated carbocycles. The second kappa shape index (κ2) is 13.4. The van der Waals surface area contributed by atoms with E-state index in [9.17, 15) is 23.7 Å². The number of carbonyl (C=O) groups is 2. The van der Waals surface area contributed by atoms with Crippen LogP contribution in [0.3, 0.4) is 0 Å². The van der Waals surface area contributed by atoms with E-state index in [2.05, 4.69) is 10.1 Å². The van der Waals surface area contributed by atoms with E-state index in [1.165, 1.54) is 26.0 Å². The van der Waals surface area contributed by atoms with Gasteiger partial charge in [0.2, 0.25) is 0 Å². The van der Waals surface area contributed by atoms with Gasteiger partial charge in [0.25, 0.3) is 5.56 Å². The van der Waals surface area contributed by atoms with E-state index in [4.69, 9.17) is 48.4 Å². The number of H-pyrrole nitrogens is 1. The maximum atomic E-state index is 13.9. The summed E-state index contributed by atoms with van der Waals surface area (Å²) in [5, 5.41) is 2.52. The van der Waals surface area contributed by atoms with Gasteiger partial charge in [0.05, 0.1) is 17.5 Å². The Hall–Kier alpha value is -2.94. The number of para-hydroxylation sites is 1. The van der Waals surface area contributed by atoms with E-state index in [0.29, 0.717) is 0 Å². The van der Waals surface area contributed by atoms with E-state index < -0.39 is 78.9 Å². The van der Waals surface area contributed by atoms with Gasteiger partial charge in [-0.2, -0.15) is 5.09 Å². The molecule has 2 aromatic rings. The van der Waals surface area contributed by atoms with Gasteiger partial charge in [0.15, 0.2) is 6.23 Å². The van der Waals surface area contributed by atoms with Crippen LogP contribution in [-0.2, 0) is 32.9 Å². The van der Waals surface area contributed by atoms with Crippen molar-refractivity contribution >= 4 is 39.1 Å². The van der Waals surface area contributed by atoms with Crippen LogP contribution >= 0.6 is 19.3 Å². The van der Waals surface area contributed by atoms with E-state index in [1.807, 2.05) is 0 Å². The molecular formula is C24H31BClN4O10P. The fourth-order valence-electron chi connectivity index (χ4n) is 3.69. The minimum Gasteiger partial charge on any atom is -0.462 e. The lowest BCUT2D eigenvalue weighted by molar-refractivity contribution is -0.154. The first-order valence-corrected chi connectivity index (χ1v) is 14.4. The van der Waals surface area contributed by atoms with Crippen LogP contribution in [0.5, 0.6) is 5.75 Å². The highest BCUT2D eigenvalue weighted by molar-refractivity contribution is 7.52. The second-order valence-electron chi connectivity index (χ2n) is 9.55. The SMILES string of the molecule is [B][C@]1(Cl)[C@H](OC(=O)[C@H](C)N)[C@@H](CO[P@@](=O)(N[C@@H](C)C(=O)OC(C)C)Oc2ccccc2)O[C@H]1n1ccc(=O)[nH]c1=O. The Morgan fingerprint density at radius 3 is 2.44 bits per heavy atom. The lowest BCUT2D eigenvalue weighted by Gasteiger charge is -2.30. The first-order valence-electron chi connectivity index (χ1n) is 12.5. The van der Waals surface area contributed by atoms with Crippen molar-refractivity contribution in [2.24, 2.45) is 5.73 Å². The Morgan fingerprint density at radius 2 is 1.85 bits per heavy atom. The number of ether oxygens (including phenoxy) is 3. The van der Waals surface area contributed by atoms with E-state index >= 15 is 0 Å². The molecule has 0 unspecified atom stereocenters. The molecule has 1 aliphatic rings. The topological polar surface area (TPSA) is 190 Å². The first-order chi connectivity index (χ1) is 19.1. The second-order valence-corrected chi connectivity index (χ2v) is 11.9. The molecule has 0 amide bonds. The van der Waals surface area contributed by atoms with Crippen molar-refractivity contribution < 1.29 is 37.4 Å². The number of hydrogen-bond acceptors (Lipinski definition) is 11. The Balaban J connectivity index is 1.92. The number of halogens is 1. The third kappa shape index (κ3) is 8.31. The zero-order valence-corrected chi connectivity index (χ0v) is 24.4. The van der Waals surface area contributed by atoms with E-state index in [1.54, 1.807) is 32.0 Å². The highest BCUT2D eigenvalue weighted by Gasteiger charge is 2.56. The molecule has 222 valence electrons. The Labute approximate surface area is 241 Å². The molecule has 2 heterocycles. The molecular weight excluding hydrogens is 582 g/mol. The monoisotopic (exact) mass is 612 g/mol. The zero-order chi connectivity index (χ0) is 30.5. The highest BCUT2D eigenvalue weighted by Crippen LogP contribution is 2.48. The maximum absolute atomic E-state index is 13.9. The van der Waals surface area contributed by atoms with Crippen molar-refractivity contribution in [1.82, 2.24) is 14.6 Å². The Kier molecular flexibility index (Phi) is 10.6. The number of carbonyl (C=O) groups excluding carboxylic acids is 2. The average molecular weight is 613 g/mol. The van der Waals surface area contributed by atoms with Crippen molar-refractivity contribution in [3.63, 3.8) is 0 Å². The van der Waals surface area contributed by atoms with Gasteiger partial charge < -0.3 is 24.5 Å². The van der Waals surface area contributed by atoms with Gasteiger partial charge in [-0.05, 0) is 39.8 Å². The maximum Gasteiger partial charge on any atom is 0.459 e. The smallest absolute Gasteiger partial charge is 0.459 e. The van der Waals surface area contributed by atoms with Crippen molar-refractivity contribution in [2.45, 2.75) is 69.1 Å². The van der Waals surface area contributed by atoms with Gasteiger partial charge in [-0.25, -0.2) is 9.36 Å². The average Bonchev–Trinajstić information content (AvgIpc) is 3.12. The number of aromatic amines is 1. The summed E-state index contributed by atoms with van der Waals surface area (Å²) in [4.78, 5) is 50.9. The lowest BCUT2D eigenvalue weighted by Crippen LogP contribution is -2.49. The number of aromatic nitrogens is 2. The molecule has 1 aromatic carbocycles. The first kappa shape index (κ1) is 32.6. The highest BCUT2D eigenvalue weighted by atomic mass is 35.5. The molecule has 1 saturated heterocycles. The summed E-state index contributed by atoms with van der Waals surface area (Å²) in [5.41, 5.74) is 4.05. The molecule has 0 spiro atoms. The Morgan fingerprint density at radius 1 is 1.20 bits per heavy atom. The number of nitrogens with zero attached hydrogens (tertiary/aromatic N) is 1. The quantitative estimate of drug-likeness (QED) is 0.133. The van der Waals surface area contributed by atoms with Crippen LogP contribution in [0.4, 0.5) is 0 Å². The van der Waals surface area contributed by atoms with Gasteiger partial charge >= 0.3 is 25.4 Å². The number of alkyl halides is 1. The van der Waals surface area contributed by atoms with Gasteiger partial charge in [-0.15, -0.1) is 11.6 Å². The number of nitrogens with two attached hydrogens (primary N) is 1. The lowest BCUT2D eigenvalue weighted by atomic mass is 9.79. The largest absolute Gasteiger partial charge is 0.462 e. The summed E-state index contributed by atoms with van der Waals surface area (Å²) in [5.74, 6) is -1.48. The summed E-state index contributed by atoms with van der Waals surface area (Å²) in [6.07, 6.45) is -3.67. The molecule has 1 fully saturated rings. The normalized spacial score (nSPS) is 25.2. The Bertz CT molecular complexity index is 1390. The van der Waals surface area contributed by atoms with Crippen LogP contribution in [0.15, 0.2) is 52.2 Å². The zero-order valence-electron chi connectivity index (χ0n) is 22.7. The van der Waals surface area contributed by atoms with Gasteiger partial charge in [0, 0.05) is 12.3 Å². The molecule has 41 heavy (non-hydrogen) atoms. The van der Waals surface area contributed by atoms with Crippen molar-refractivity contribution in [3.8, 4) is 5.75 Å². The van der Waals surface area contributed by atoms with E-state index in [0.717, 1.165) is 16.8 Å². The molecule has 4 N–H and O–H groups in total. The van der Waals surface area contributed by atoms with E-state index in [-0.39, 0.29) is 5.75 Å². The minimum absolute atomic E-state index is 0.142. The van der Waals surface area contributed by atoms with Crippen LogP contribution in [-0.4, -0.2) is 71.1 Å². The van der Waals surface area contributed by atoms with Crippen LogP contribution < -0.4 is 26.6 Å². The fraction of sp³-hybridized carbons (Fsp3) is 0.500. The molecule has 17 heteroatoms. The van der Waals surface area contributed by atoms with Gasteiger partial charge in [-0.3, -0.25) is 28.5 Å². The molecule has 14 nitrogen and oxygen atoms in total. The molecule has 1 aromatic heterocycles. The summed E-state index contributed by atoms with van der Waals surface area (Å²) in [7, 11) is 1.94. The van der Waals surface area contributed by atoms with Crippen molar-refractivity contribution in [3.05, 3.63) is 63.4 Å². The number of hydrogen-bond donors (Lipinski definition) is 3. The number of benzene rings is 1. The number of nitrogens with one attached hydrogen (secondary N) is 2. The molecule has 0 aliphatic carbocycles. The molecule has 2 radical (unpaired) electrons.